The Morgan fingerprint density at radius 1 is 1.16 bits per heavy atom. The summed E-state index contributed by atoms with van der Waals surface area (Å²) < 4.78 is 20.2. The molecular weight excluding hydrogens is 250 g/mol. The van der Waals surface area contributed by atoms with Crippen molar-refractivity contribution in [1.82, 2.24) is 0 Å². The molecule has 0 amide bonds. The molecule has 0 heterocycles. The Bertz CT molecular complexity index is 408. The first-order valence-corrected chi connectivity index (χ1v) is 5.87. The van der Waals surface area contributed by atoms with Crippen LogP contribution >= 0.6 is 0 Å². The highest BCUT2D eigenvalue weighted by molar-refractivity contribution is 5.94. The normalized spacial score (nSPS) is 10.2. The van der Waals surface area contributed by atoms with Crippen molar-refractivity contribution in [2.75, 3.05) is 46.4 Å². The molecule has 0 radical (unpaired) electrons. The maximum Gasteiger partial charge on any atom is 0.341 e. The molecule has 1 aromatic rings. The topological polar surface area (TPSA) is 80.0 Å². The summed E-state index contributed by atoms with van der Waals surface area (Å²) in [5.41, 5.74) is 6.48. The SMILES string of the molecule is COCCOCCOc1c(N)cccc1C(=O)OC. The summed E-state index contributed by atoms with van der Waals surface area (Å²) in [7, 11) is 2.91. The number of nitrogen functional groups attached to an aromatic ring is 1. The lowest BCUT2D eigenvalue weighted by molar-refractivity contribution is 0.0525. The minimum absolute atomic E-state index is 0.294. The van der Waals surface area contributed by atoms with Crippen molar-refractivity contribution in [1.29, 1.82) is 0 Å². The van der Waals surface area contributed by atoms with Gasteiger partial charge in [0.2, 0.25) is 0 Å². The van der Waals surface area contributed by atoms with Crippen LogP contribution in [0.3, 0.4) is 0 Å². The summed E-state index contributed by atoms with van der Waals surface area (Å²) in [4.78, 5) is 11.6. The first kappa shape index (κ1) is 15.3. The molecule has 1 rings (SSSR count). The van der Waals surface area contributed by atoms with E-state index in [0.717, 1.165) is 0 Å². The van der Waals surface area contributed by atoms with Crippen LogP contribution < -0.4 is 10.5 Å². The molecule has 19 heavy (non-hydrogen) atoms. The van der Waals surface area contributed by atoms with Gasteiger partial charge < -0.3 is 24.7 Å². The molecule has 0 aliphatic rings. The van der Waals surface area contributed by atoms with E-state index >= 15 is 0 Å². The largest absolute Gasteiger partial charge is 0.488 e. The molecule has 1 aromatic carbocycles. The van der Waals surface area contributed by atoms with Gasteiger partial charge in [-0.15, -0.1) is 0 Å². The average molecular weight is 269 g/mol. The zero-order valence-electron chi connectivity index (χ0n) is 11.2. The number of carbonyl (C=O) groups excluding carboxylic acids is 1. The van der Waals surface area contributed by atoms with Crippen molar-refractivity contribution in [2.24, 2.45) is 0 Å². The molecule has 0 atom stereocenters. The standard InChI is InChI=1S/C13H19NO5/c1-16-6-7-18-8-9-19-12-10(13(15)17-2)4-3-5-11(12)14/h3-5H,6-9,14H2,1-2H3. The zero-order chi connectivity index (χ0) is 14.1. The van der Waals surface area contributed by atoms with Gasteiger partial charge in [-0.2, -0.15) is 0 Å². The number of carbonyl (C=O) groups is 1. The minimum atomic E-state index is -0.484. The van der Waals surface area contributed by atoms with Crippen LogP contribution in [0, 0.1) is 0 Å². The van der Waals surface area contributed by atoms with Gasteiger partial charge in [0.1, 0.15) is 12.2 Å². The van der Waals surface area contributed by atoms with E-state index in [2.05, 4.69) is 4.74 Å². The molecule has 2 N–H and O–H groups in total. The van der Waals surface area contributed by atoms with Crippen molar-refractivity contribution < 1.29 is 23.7 Å². The van der Waals surface area contributed by atoms with Crippen LogP contribution in [0.4, 0.5) is 5.69 Å². The molecule has 0 saturated carbocycles. The van der Waals surface area contributed by atoms with Crippen LogP contribution in [0.1, 0.15) is 10.4 Å². The zero-order valence-corrected chi connectivity index (χ0v) is 11.2. The van der Waals surface area contributed by atoms with Crippen molar-refractivity contribution in [3.05, 3.63) is 23.8 Å². The van der Waals surface area contributed by atoms with E-state index in [-0.39, 0.29) is 0 Å². The van der Waals surface area contributed by atoms with Crippen LogP contribution in [0.25, 0.3) is 0 Å². The Balaban J connectivity index is 2.54. The van der Waals surface area contributed by atoms with Crippen LogP contribution in [-0.2, 0) is 14.2 Å². The Labute approximate surface area is 112 Å². The van der Waals surface area contributed by atoms with Crippen molar-refractivity contribution in [3.8, 4) is 5.75 Å². The highest BCUT2D eigenvalue weighted by atomic mass is 16.5. The number of rotatable bonds is 8. The van der Waals surface area contributed by atoms with Gasteiger partial charge in [-0.1, -0.05) is 6.07 Å². The molecule has 0 fully saturated rings. The summed E-state index contributed by atoms with van der Waals surface area (Å²) in [5, 5.41) is 0. The summed E-state index contributed by atoms with van der Waals surface area (Å²) >= 11 is 0. The molecule has 6 heteroatoms. The Morgan fingerprint density at radius 3 is 2.58 bits per heavy atom. The third-order valence-corrected chi connectivity index (χ3v) is 2.36. The van der Waals surface area contributed by atoms with Crippen molar-refractivity contribution in [3.63, 3.8) is 0 Å². The number of methoxy groups -OCH3 is 2. The molecule has 106 valence electrons. The predicted molar refractivity (Wildman–Crippen MR) is 70.4 cm³/mol. The molecule has 6 nitrogen and oxygen atoms in total. The maximum absolute atomic E-state index is 11.6. The van der Waals surface area contributed by atoms with Gasteiger partial charge in [0.25, 0.3) is 0 Å². The minimum Gasteiger partial charge on any atom is -0.488 e. The summed E-state index contributed by atoms with van der Waals surface area (Å²) in [6.07, 6.45) is 0. The molecule has 0 spiro atoms. The second-order valence-corrected chi connectivity index (χ2v) is 3.67. The van der Waals surface area contributed by atoms with Crippen LogP contribution in [0.15, 0.2) is 18.2 Å². The highest BCUT2D eigenvalue weighted by Gasteiger charge is 2.15. The number of benzene rings is 1. The van der Waals surface area contributed by atoms with E-state index in [0.29, 0.717) is 43.4 Å². The lowest BCUT2D eigenvalue weighted by Gasteiger charge is -2.12. The first-order chi connectivity index (χ1) is 9.20. The average Bonchev–Trinajstić information content (AvgIpc) is 2.43. The Kier molecular flexibility index (Phi) is 6.70. The van der Waals surface area contributed by atoms with E-state index in [9.17, 15) is 4.79 Å². The van der Waals surface area contributed by atoms with Gasteiger partial charge in [-0.05, 0) is 12.1 Å². The van der Waals surface area contributed by atoms with Crippen molar-refractivity contribution >= 4 is 11.7 Å². The lowest BCUT2D eigenvalue weighted by atomic mass is 10.2. The summed E-state index contributed by atoms with van der Waals surface area (Å²) in [6.45, 7) is 1.70. The van der Waals surface area contributed by atoms with Gasteiger partial charge in [-0.3, -0.25) is 0 Å². The maximum atomic E-state index is 11.6. The molecule has 0 saturated heterocycles. The van der Waals surface area contributed by atoms with E-state index < -0.39 is 5.97 Å². The Morgan fingerprint density at radius 2 is 1.89 bits per heavy atom. The highest BCUT2D eigenvalue weighted by Crippen LogP contribution is 2.26. The van der Waals surface area contributed by atoms with E-state index in [1.165, 1.54) is 7.11 Å². The number of hydrogen-bond acceptors (Lipinski definition) is 6. The quantitative estimate of drug-likeness (QED) is 0.432. The number of hydrogen-bond donors (Lipinski definition) is 1. The summed E-state index contributed by atoms with van der Waals surface area (Å²) in [6, 6.07) is 4.93. The monoisotopic (exact) mass is 269 g/mol. The van der Waals surface area contributed by atoms with Gasteiger partial charge >= 0.3 is 5.97 Å². The van der Waals surface area contributed by atoms with E-state index in [1.54, 1.807) is 25.3 Å². The fourth-order valence-electron chi connectivity index (χ4n) is 1.43. The second-order valence-electron chi connectivity index (χ2n) is 3.67. The third kappa shape index (κ3) is 4.76. The van der Waals surface area contributed by atoms with Crippen molar-refractivity contribution in [2.45, 2.75) is 0 Å². The molecule has 0 bridgehead atoms. The fourth-order valence-corrected chi connectivity index (χ4v) is 1.43. The number of ether oxygens (including phenoxy) is 4. The molecular formula is C13H19NO5. The molecule has 0 aromatic heterocycles. The number of anilines is 1. The second kappa shape index (κ2) is 8.34. The number of nitrogens with two attached hydrogens (primary N) is 1. The first-order valence-electron chi connectivity index (χ1n) is 5.87. The lowest BCUT2D eigenvalue weighted by Crippen LogP contribution is -2.13. The van der Waals surface area contributed by atoms with Gasteiger partial charge in [-0.25, -0.2) is 4.79 Å². The smallest absolute Gasteiger partial charge is 0.341 e. The van der Waals surface area contributed by atoms with E-state index in [4.69, 9.17) is 19.9 Å². The summed E-state index contributed by atoms with van der Waals surface area (Å²) in [5.74, 6) is -0.160. The predicted octanol–water partition coefficient (Wildman–Crippen LogP) is 1.10. The van der Waals surface area contributed by atoms with Gasteiger partial charge in [0, 0.05) is 7.11 Å². The third-order valence-electron chi connectivity index (χ3n) is 2.36. The number of esters is 1. The van der Waals surface area contributed by atoms with Gasteiger partial charge in [0.05, 0.1) is 32.6 Å². The van der Waals surface area contributed by atoms with Crippen LogP contribution in [0.5, 0.6) is 5.75 Å². The van der Waals surface area contributed by atoms with Crippen LogP contribution in [-0.4, -0.2) is 46.6 Å². The van der Waals surface area contributed by atoms with Gasteiger partial charge in [0.15, 0.2) is 5.75 Å². The molecule has 0 aliphatic heterocycles. The number of para-hydroxylation sites is 1. The van der Waals surface area contributed by atoms with Crippen LogP contribution in [0.2, 0.25) is 0 Å². The fraction of sp³-hybridized carbons (Fsp3) is 0.462. The molecule has 0 aliphatic carbocycles. The molecule has 0 unspecified atom stereocenters. The van der Waals surface area contributed by atoms with E-state index in [1.807, 2.05) is 0 Å². The Hall–Kier alpha value is -1.79.